The molecule has 2 aromatic heterocycles. The van der Waals surface area contributed by atoms with Crippen molar-refractivity contribution in [3.8, 4) is 5.69 Å². The fourth-order valence-electron chi connectivity index (χ4n) is 2.49. The van der Waals surface area contributed by atoms with Gasteiger partial charge in [0.25, 0.3) is 0 Å². The summed E-state index contributed by atoms with van der Waals surface area (Å²) in [5.74, 6) is 0.699. The van der Waals surface area contributed by atoms with Crippen LogP contribution in [0.1, 0.15) is 24.5 Å². The molecule has 0 spiro atoms. The van der Waals surface area contributed by atoms with Gasteiger partial charge in [-0.15, -0.1) is 0 Å². The highest BCUT2D eigenvalue weighted by Crippen LogP contribution is 2.41. The first-order valence-electron chi connectivity index (χ1n) is 6.30. The van der Waals surface area contributed by atoms with Gasteiger partial charge < -0.3 is 0 Å². The number of hydrogen-bond acceptors (Lipinski definition) is 2. The Labute approximate surface area is 105 Å². The molecule has 0 aliphatic heterocycles. The van der Waals surface area contributed by atoms with Gasteiger partial charge in [0.2, 0.25) is 0 Å². The van der Waals surface area contributed by atoms with Crippen LogP contribution in [0.5, 0.6) is 0 Å². The third-order valence-electron chi connectivity index (χ3n) is 3.55. The Bertz CT molecular complexity index is 705. The van der Waals surface area contributed by atoms with Gasteiger partial charge in [-0.1, -0.05) is 12.1 Å². The summed E-state index contributed by atoms with van der Waals surface area (Å²) < 4.78 is 2.08. The molecule has 0 saturated heterocycles. The summed E-state index contributed by atoms with van der Waals surface area (Å²) in [6.07, 6.45) is 8.22. The summed E-state index contributed by atoms with van der Waals surface area (Å²) in [4.78, 5) is 4.18. The van der Waals surface area contributed by atoms with Crippen molar-refractivity contribution < 1.29 is 0 Å². The topological polar surface area (TPSA) is 30.7 Å². The molecule has 3 heteroatoms. The van der Waals surface area contributed by atoms with Gasteiger partial charge in [0.1, 0.15) is 0 Å². The number of nitrogens with zero attached hydrogens (tertiary/aromatic N) is 3. The van der Waals surface area contributed by atoms with Gasteiger partial charge in [0.15, 0.2) is 0 Å². The van der Waals surface area contributed by atoms with E-state index in [2.05, 4.69) is 45.1 Å². The van der Waals surface area contributed by atoms with Gasteiger partial charge in [0, 0.05) is 41.0 Å². The van der Waals surface area contributed by atoms with E-state index in [1.807, 2.05) is 18.6 Å². The summed E-state index contributed by atoms with van der Waals surface area (Å²) >= 11 is 0. The summed E-state index contributed by atoms with van der Waals surface area (Å²) in [5.41, 5.74) is 2.49. The van der Waals surface area contributed by atoms with Crippen molar-refractivity contribution in [2.45, 2.75) is 18.8 Å². The SMILES string of the molecule is c1cc(-n2nccc2C2CC2)c2ccncc2c1. The Morgan fingerprint density at radius 2 is 2.00 bits per heavy atom. The third-order valence-corrected chi connectivity index (χ3v) is 3.55. The molecule has 0 atom stereocenters. The number of pyridine rings is 1. The molecule has 0 amide bonds. The van der Waals surface area contributed by atoms with E-state index < -0.39 is 0 Å². The summed E-state index contributed by atoms with van der Waals surface area (Å²) in [5, 5.41) is 6.86. The van der Waals surface area contributed by atoms with Crippen LogP contribution in [0.3, 0.4) is 0 Å². The van der Waals surface area contributed by atoms with Crippen molar-refractivity contribution in [2.24, 2.45) is 0 Å². The van der Waals surface area contributed by atoms with Gasteiger partial charge >= 0.3 is 0 Å². The molecule has 1 saturated carbocycles. The Kier molecular flexibility index (Phi) is 2.00. The van der Waals surface area contributed by atoms with E-state index in [-0.39, 0.29) is 0 Å². The predicted octanol–water partition coefficient (Wildman–Crippen LogP) is 3.30. The largest absolute Gasteiger partial charge is 0.264 e. The summed E-state index contributed by atoms with van der Waals surface area (Å²) in [6, 6.07) is 10.5. The highest BCUT2D eigenvalue weighted by atomic mass is 15.3. The van der Waals surface area contributed by atoms with E-state index in [4.69, 9.17) is 0 Å². The van der Waals surface area contributed by atoms with Crippen LogP contribution in [-0.2, 0) is 0 Å². The molecule has 3 aromatic rings. The van der Waals surface area contributed by atoms with Crippen LogP contribution in [0.4, 0.5) is 0 Å². The maximum atomic E-state index is 4.49. The van der Waals surface area contributed by atoms with Crippen molar-refractivity contribution in [1.82, 2.24) is 14.8 Å². The second kappa shape index (κ2) is 3.67. The molecule has 88 valence electrons. The monoisotopic (exact) mass is 235 g/mol. The Morgan fingerprint density at radius 1 is 1.06 bits per heavy atom. The molecule has 0 N–H and O–H groups in total. The van der Waals surface area contributed by atoms with Crippen LogP contribution >= 0.6 is 0 Å². The van der Waals surface area contributed by atoms with Gasteiger partial charge in [-0.2, -0.15) is 5.10 Å². The highest BCUT2D eigenvalue weighted by Gasteiger charge is 2.27. The van der Waals surface area contributed by atoms with Crippen molar-refractivity contribution in [1.29, 1.82) is 0 Å². The van der Waals surface area contributed by atoms with Crippen LogP contribution in [0.25, 0.3) is 16.5 Å². The highest BCUT2D eigenvalue weighted by molar-refractivity contribution is 5.89. The standard InChI is InChI=1S/C15H13N3/c1-2-12-10-16-8-6-13(12)15(3-1)18-14(7-9-17-18)11-4-5-11/h1-3,6-11H,4-5H2. The van der Waals surface area contributed by atoms with Crippen LogP contribution < -0.4 is 0 Å². The molecule has 3 nitrogen and oxygen atoms in total. The Balaban J connectivity index is 1.98. The van der Waals surface area contributed by atoms with Crippen molar-refractivity contribution in [2.75, 3.05) is 0 Å². The van der Waals surface area contributed by atoms with Crippen molar-refractivity contribution >= 4 is 10.8 Å². The lowest BCUT2D eigenvalue weighted by Crippen LogP contribution is -2.01. The molecule has 0 radical (unpaired) electrons. The molecular weight excluding hydrogens is 222 g/mol. The second-order valence-corrected chi connectivity index (χ2v) is 4.82. The number of fused-ring (bicyclic) bond motifs is 1. The molecule has 1 aliphatic rings. The van der Waals surface area contributed by atoms with Crippen LogP contribution in [-0.4, -0.2) is 14.8 Å². The van der Waals surface area contributed by atoms with E-state index in [0.29, 0.717) is 5.92 Å². The number of hydrogen-bond donors (Lipinski definition) is 0. The lowest BCUT2D eigenvalue weighted by molar-refractivity contribution is 0.813. The Morgan fingerprint density at radius 3 is 2.89 bits per heavy atom. The fourth-order valence-corrected chi connectivity index (χ4v) is 2.49. The van der Waals surface area contributed by atoms with Gasteiger partial charge in [-0.3, -0.25) is 4.98 Å². The van der Waals surface area contributed by atoms with E-state index in [1.165, 1.54) is 23.9 Å². The molecule has 2 heterocycles. The Hall–Kier alpha value is -2.16. The number of benzene rings is 1. The first-order valence-corrected chi connectivity index (χ1v) is 6.30. The van der Waals surface area contributed by atoms with E-state index in [1.54, 1.807) is 0 Å². The first-order chi connectivity index (χ1) is 8.93. The first kappa shape index (κ1) is 9.83. The molecule has 18 heavy (non-hydrogen) atoms. The molecule has 0 unspecified atom stereocenters. The molecule has 4 rings (SSSR count). The molecule has 1 fully saturated rings. The minimum absolute atomic E-state index is 0.699. The van der Waals surface area contributed by atoms with Gasteiger partial charge in [0.05, 0.1) is 5.69 Å². The smallest absolute Gasteiger partial charge is 0.0728 e. The number of aromatic nitrogens is 3. The van der Waals surface area contributed by atoms with E-state index >= 15 is 0 Å². The summed E-state index contributed by atoms with van der Waals surface area (Å²) in [6.45, 7) is 0. The van der Waals surface area contributed by atoms with Crippen molar-refractivity contribution in [3.63, 3.8) is 0 Å². The zero-order valence-corrected chi connectivity index (χ0v) is 9.95. The lowest BCUT2D eigenvalue weighted by atomic mass is 10.1. The summed E-state index contributed by atoms with van der Waals surface area (Å²) in [7, 11) is 0. The average molecular weight is 235 g/mol. The molecule has 1 aromatic carbocycles. The maximum Gasteiger partial charge on any atom is 0.0728 e. The predicted molar refractivity (Wildman–Crippen MR) is 70.8 cm³/mol. The molecule has 1 aliphatic carbocycles. The lowest BCUT2D eigenvalue weighted by Gasteiger charge is -2.09. The van der Waals surface area contributed by atoms with Crippen LogP contribution in [0, 0.1) is 0 Å². The second-order valence-electron chi connectivity index (χ2n) is 4.82. The van der Waals surface area contributed by atoms with Crippen LogP contribution in [0.2, 0.25) is 0 Å². The third kappa shape index (κ3) is 1.44. The van der Waals surface area contributed by atoms with Crippen LogP contribution in [0.15, 0.2) is 48.9 Å². The zero-order valence-electron chi connectivity index (χ0n) is 9.95. The molecular formula is C15H13N3. The minimum atomic E-state index is 0.699. The van der Waals surface area contributed by atoms with E-state index in [0.717, 1.165) is 11.1 Å². The van der Waals surface area contributed by atoms with Gasteiger partial charge in [-0.05, 0) is 31.0 Å². The normalized spacial score (nSPS) is 15.1. The number of rotatable bonds is 2. The average Bonchev–Trinajstić information content (AvgIpc) is 3.16. The minimum Gasteiger partial charge on any atom is -0.264 e. The fraction of sp³-hybridized carbons (Fsp3) is 0.200. The van der Waals surface area contributed by atoms with E-state index in [9.17, 15) is 0 Å². The maximum absolute atomic E-state index is 4.49. The zero-order chi connectivity index (χ0) is 11.9. The quantitative estimate of drug-likeness (QED) is 0.682. The molecule has 0 bridgehead atoms. The van der Waals surface area contributed by atoms with Gasteiger partial charge in [-0.25, -0.2) is 4.68 Å². The van der Waals surface area contributed by atoms with Crippen molar-refractivity contribution in [3.05, 3.63) is 54.6 Å².